The molecule has 2 N–H and O–H groups in total. The van der Waals surface area contributed by atoms with Crippen LogP contribution in [0, 0.1) is 11.8 Å². The molecule has 0 saturated carbocycles. The fourth-order valence-corrected chi connectivity index (χ4v) is 6.73. The van der Waals surface area contributed by atoms with E-state index in [4.69, 9.17) is 9.47 Å². The summed E-state index contributed by atoms with van der Waals surface area (Å²) in [6.07, 6.45) is -2.88. The monoisotopic (exact) mass is 608 g/mol. The Labute approximate surface area is 245 Å². The molecule has 0 amide bonds. The van der Waals surface area contributed by atoms with Gasteiger partial charge in [0.2, 0.25) is 0 Å². The predicted molar refractivity (Wildman–Crippen MR) is 161 cm³/mol. The lowest BCUT2D eigenvalue weighted by atomic mass is 10.1. The van der Waals surface area contributed by atoms with Crippen molar-refractivity contribution in [3.8, 4) is 17.6 Å². The normalized spacial score (nSPS) is 17.3. The molecular formula is C29H35F3N4O3S2. The van der Waals surface area contributed by atoms with Gasteiger partial charge >= 0.3 is 6.18 Å². The van der Waals surface area contributed by atoms with Gasteiger partial charge < -0.3 is 24.7 Å². The van der Waals surface area contributed by atoms with E-state index >= 15 is 0 Å². The number of likely N-dealkylation sites (N-methyl/N-ethyl adjacent to an activating group) is 1. The summed E-state index contributed by atoms with van der Waals surface area (Å²) >= 11 is 1.57. The fraction of sp³-hybridized carbons (Fsp3) is 0.448. The standard InChI is InChI=1S/C29H35F3N4O3S2/c1-35(14-15-38-2)40-23-9-10-26(28(19-23)39-3)33-13-5-6-22-18-24-25(34-21-11-16-41(37)17-12-21)7-4-8-27(24)36(22)20-29(30,31)32/h4,7-10,18-19,21,33-34H,11-17,20H2,1-3H3. The van der Waals surface area contributed by atoms with Crippen LogP contribution in [0.4, 0.5) is 24.5 Å². The van der Waals surface area contributed by atoms with Gasteiger partial charge in [-0.3, -0.25) is 4.21 Å². The Hall–Kier alpha value is -2.85. The molecule has 222 valence electrons. The average Bonchev–Trinajstić information content (AvgIpc) is 3.28. The molecule has 1 fully saturated rings. The Morgan fingerprint density at radius 2 is 1.93 bits per heavy atom. The van der Waals surface area contributed by atoms with Crippen molar-refractivity contribution in [1.29, 1.82) is 0 Å². The number of hydrogen-bond acceptors (Lipinski definition) is 7. The van der Waals surface area contributed by atoms with Crippen LogP contribution in [-0.4, -0.2) is 77.8 Å². The second-order valence-corrected chi connectivity index (χ2v) is 12.7. The Morgan fingerprint density at radius 1 is 1.15 bits per heavy atom. The predicted octanol–water partition coefficient (Wildman–Crippen LogP) is 5.58. The number of hydrogen-bond donors (Lipinski definition) is 2. The molecule has 1 saturated heterocycles. The van der Waals surface area contributed by atoms with Crippen molar-refractivity contribution in [3.63, 3.8) is 0 Å². The summed E-state index contributed by atoms with van der Waals surface area (Å²) in [6, 6.07) is 12.9. The number of halogens is 3. The van der Waals surface area contributed by atoms with Crippen LogP contribution >= 0.6 is 11.9 Å². The molecule has 41 heavy (non-hydrogen) atoms. The maximum absolute atomic E-state index is 13.6. The maximum Gasteiger partial charge on any atom is 0.406 e. The molecule has 0 radical (unpaired) electrons. The number of alkyl halides is 3. The fourth-order valence-electron chi connectivity index (χ4n) is 4.62. The Balaban J connectivity index is 1.51. The van der Waals surface area contributed by atoms with Crippen molar-refractivity contribution >= 4 is 45.0 Å². The molecule has 2 heterocycles. The molecule has 0 atom stereocenters. The van der Waals surface area contributed by atoms with Gasteiger partial charge in [-0.05, 0) is 74.2 Å². The molecule has 7 nitrogen and oxygen atoms in total. The highest BCUT2D eigenvalue weighted by molar-refractivity contribution is 7.97. The quantitative estimate of drug-likeness (QED) is 0.218. The van der Waals surface area contributed by atoms with Gasteiger partial charge in [0.05, 0.1) is 37.2 Å². The molecule has 2 aromatic carbocycles. The van der Waals surface area contributed by atoms with Gasteiger partial charge in [-0.25, -0.2) is 4.31 Å². The van der Waals surface area contributed by atoms with E-state index < -0.39 is 23.5 Å². The van der Waals surface area contributed by atoms with Gasteiger partial charge in [-0.1, -0.05) is 12.0 Å². The van der Waals surface area contributed by atoms with E-state index in [2.05, 4.69) is 26.8 Å². The lowest BCUT2D eigenvalue weighted by molar-refractivity contribution is -0.140. The lowest BCUT2D eigenvalue weighted by Gasteiger charge is -2.24. The van der Waals surface area contributed by atoms with Crippen molar-refractivity contribution < 1.29 is 26.9 Å². The van der Waals surface area contributed by atoms with Crippen molar-refractivity contribution in [1.82, 2.24) is 8.87 Å². The van der Waals surface area contributed by atoms with Gasteiger partial charge in [-0.2, -0.15) is 13.2 Å². The van der Waals surface area contributed by atoms with Crippen LogP contribution in [0.3, 0.4) is 0 Å². The molecule has 0 spiro atoms. The average molecular weight is 609 g/mol. The smallest absolute Gasteiger partial charge is 0.406 e. The summed E-state index contributed by atoms with van der Waals surface area (Å²) < 4.78 is 66.3. The van der Waals surface area contributed by atoms with Crippen molar-refractivity contribution in [2.75, 3.05) is 63.1 Å². The number of nitrogens with zero attached hydrogens (tertiary/aromatic N) is 2. The summed E-state index contributed by atoms with van der Waals surface area (Å²) in [5, 5.41) is 7.36. The van der Waals surface area contributed by atoms with Crippen LogP contribution < -0.4 is 15.4 Å². The zero-order valence-electron chi connectivity index (χ0n) is 23.3. The van der Waals surface area contributed by atoms with E-state index in [1.54, 1.807) is 44.4 Å². The molecule has 3 aromatic rings. The number of anilines is 2. The largest absolute Gasteiger partial charge is 0.495 e. The number of ether oxygens (including phenoxy) is 2. The van der Waals surface area contributed by atoms with E-state index in [-0.39, 0.29) is 18.3 Å². The number of aromatic nitrogens is 1. The minimum Gasteiger partial charge on any atom is -0.495 e. The Bertz CT molecular complexity index is 1410. The minimum absolute atomic E-state index is 0.133. The second-order valence-electron chi connectivity index (χ2n) is 9.69. The number of rotatable bonds is 11. The number of benzene rings is 2. The van der Waals surface area contributed by atoms with Crippen LogP contribution in [0.2, 0.25) is 0 Å². The summed E-state index contributed by atoms with van der Waals surface area (Å²) in [6.45, 7) is 0.479. The van der Waals surface area contributed by atoms with Gasteiger partial charge in [0, 0.05) is 58.0 Å². The zero-order chi connectivity index (χ0) is 29.4. The third kappa shape index (κ3) is 8.82. The molecule has 1 aliphatic heterocycles. The van der Waals surface area contributed by atoms with Gasteiger partial charge in [0.15, 0.2) is 0 Å². The first-order chi connectivity index (χ1) is 19.7. The molecule has 1 aliphatic rings. The van der Waals surface area contributed by atoms with Gasteiger partial charge in [-0.15, -0.1) is 0 Å². The molecule has 1 aromatic heterocycles. The first-order valence-corrected chi connectivity index (χ1v) is 15.5. The number of nitrogens with one attached hydrogen (secondary N) is 2. The molecule has 4 rings (SSSR count). The first-order valence-electron chi connectivity index (χ1n) is 13.3. The highest BCUT2D eigenvalue weighted by atomic mass is 32.2. The molecular weight excluding hydrogens is 573 g/mol. The maximum atomic E-state index is 13.6. The van der Waals surface area contributed by atoms with Crippen LogP contribution in [0.1, 0.15) is 18.5 Å². The van der Waals surface area contributed by atoms with Crippen LogP contribution in [-0.2, 0) is 22.1 Å². The van der Waals surface area contributed by atoms with Crippen molar-refractivity contribution in [2.24, 2.45) is 0 Å². The van der Waals surface area contributed by atoms with E-state index in [0.717, 1.165) is 35.7 Å². The van der Waals surface area contributed by atoms with E-state index in [1.165, 1.54) is 4.57 Å². The van der Waals surface area contributed by atoms with Crippen LogP contribution in [0.15, 0.2) is 47.4 Å². The van der Waals surface area contributed by atoms with E-state index in [1.807, 2.05) is 31.3 Å². The molecule has 0 bridgehead atoms. The van der Waals surface area contributed by atoms with E-state index in [9.17, 15) is 17.4 Å². The molecule has 0 unspecified atom stereocenters. The molecule has 12 heteroatoms. The zero-order valence-corrected chi connectivity index (χ0v) is 25.0. The summed E-state index contributed by atoms with van der Waals surface area (Å²) in [7, 11) is 4.44. The third-order valence-corrected chi connectivity index (χ3v) is 9.00. The molecule has 0 aliphatic carbocycles. The van der Waals surface area contributed by atoms with Crippen molar-refractivity contribution in [3.05, 3.63) is 48.2 Å². The van der Waals surface area contributed by atoms with E-state index in [0.29, 0.717) is 34.8 Å². The van der Waals surface area contributed by atoms with Gasteiger partial charge in [0.1, 0.15) is 12.3 Å². The SMILES string of the molecule is COCCN(C)Sc1ccc(NCC#Cc2cc3c(NC4CCS(=O)CC4)cccc3n2CC(F)(F)F)c(OC)c1. The highest BCUT2D eigenvalue weighted by Crippen LogP contribution is 2.32. The minimum atomic E-state index is -4.40. The topological polar surface area (TPSA) is 67.8 Å². The Morgan fingerprint density at radius 3 is 2.63 bits per heavy atom. The summed E-state index contributed by atoms with van der Waals surface area (Å²) in [5.41, 5.74) is 2.25. The second kappa shape index (κ2) is 14.4. The Kier molecular flexibility index (Phi) is 10.9. The van der Waals surface area contributed by atoms with Gasteiger partial charge in [0.25, 0.3) is 0 Å². The van der Waals surface area contributed by atoms with Crippen LogP contribution in [0.5, 0.6) is 5.75 Å². The third-order valence-electron chi connectivity index (χ3n) is 6.66. The number of methoxy groups -OCH3 is 2. The number of fused-ring (bicyclic) bond motifs is 1. The van der Waals surface area contributed by atoms with Crippen LogP contribution in [0.25, 0.3) is 10.9 Å². The highest BCUT2D eigenvalue weighted by Gasteiger charge is 2.30. The first kappa shape index (κ1) is 31.1. The summed E-state index contributed by atoms with van der Waals surface area (Å²) in [4.78, 5) is 1.000. The van der Waals surface area contributed by atoms with Crippen molar-refractivity contribution in [2.45, 2.75) is 36.5 Å². The lowest BCUT2D eigenvalue weighted by Crippen LogP contribution is -2.29. The summed E-state index contributed by atoms with van der Waals surface area (Å²) in [5.74, 6) is 7.83.